The summed E-state index contributed by atoms with van der Waals surface area (Å²) in [5, 5.41) is 17.2. The molecule has 2 aromatic carbocycles. The highest BCUT2D eigenvalue weighted by atomic mass is 16.5. The number of methoxy groups -OCH3 is 1. The van der Waals surface area contributed by atoms with Gasteiger partial charge in [0.25, 0.3) is 0 Å². The molecule has 1 fully saturated rings. The molecule has 1 aliphatic rings. The standard InChI is InChI=1S/C22H23N7O2/c1-30-20-5-6-21(22(15-20)29-25-9-10-26-29)27-11-12-31-16-19(27)14-17-3-2-4-18(13-17)28-23-7-8-24-28/h2-10,13,15,19H,11-12,14,16H2,1H3/t19-/m1/s1. The van der Waals surface area contributed by atoms with Gasteiger partial charge in [0.2, 0.25) is 0 Å². The first-order valence-electron chi connectivity index (χ1n) is 10.2. The van der Waals surface area contributed by atoms with Crippen LogP contribution in [0.25, 0.3) is 11.4 Å². The van der Waals surface area contributed by atoms with Crippen LogP contribution in [0.2, 0.25) is 0 Å². The number of morpholine rings is 1. The fraction of sp³-hybridized carbons (Fsp3) is 0.273. The van der Waals surface area contributed by atoms with Gasteiger partial charge in [0.05, 0.1) is 62.5 Å². The summed E-state index contributed by atoms with van der Waals surface area (Å²) in [4.78, 5) is 5.64. The second-order valence-corrected chi connectivity index (χ2v) is 7.29. The molecule has 158 valence electrons. The predicted molar refractivity (Wildman–Crippen MR) is 115 cm³/mol. The Morgan fingerprint density at radius 1 is 0.935 bits per heavy atom. The summed E-state index contributed by atoms with van der Waals surface area (Å²) < 4.78 is 11.3. The summed E-state index contributed by atoms with van der Waals surface area (Å²) in [5.74, 6) is 0.764. The maximum Gasteiger partial charge on any atom is 0.121 e. The normalized spacial score (nSPS) is 16.4. The van der Waals surface area contributed by atoms with E-state index in [1.54, 1.807) is 41.5 Å². The molecule has 3 heterocycles. The minimum atomic E-state index is 0.164. The van der Waals surface area contributed by atoms with Gasteiger partial charge in [-0.15, -0.1) is 4.80 Å². The van der Waals surface area contributed by atoms with Crippen molar-refractivity contribution in [3.05, 3.63) is 72.8 Å². The number of hydrogen-bond donors (Lipinski definition) is 0. The molecule has 0 N–H and O–H groups in total. The summed E-state index contributed by atoms with van der Waals surface area (Å²) in [5.41, 5.74) is 4.07. The van der Waals surface area contributed by atoms with E-state index in [9.17, 15) is 0 Å². The van der Waals surface area contributed by atoms with E-state index in [1.807, 2.05) is 24.3 Å². The zero-order chi connectivity index (χ0) is 21.0. The number of hydrogen-bond acceptors (Lipinski definition) is 7. The van der Waals surface area contributed by atoms with Gasteiger partial charge < -0.3 is 14.4 Å². The third-order valence-corrected chi connectivity index (χ3v) is 5.39. The lowest BCUT2D eigenvalue weighted by atomic mass is 10.0. The van der Waals surface area contributed by atoms with Crippen LogP contribution in [-0.4, -0.2) is 62.9 Å². The average molecular weight is 417 g/mol. The molecule has 9 heteroatoms. The zero-order valence-electron chi connectivity index (χ0n) is 17.2. The molecule has 9 nitrogen and oxygen atoms in total. The first kappa shape index (κ1) is 19.3. The van der Waals surface area contributed by atoms with Crippen LogP contribution in [0.1, 0.15) is 5.56 Å². The van der Waals surface area contributed by atoms with E-state index >= 15 is 0 Å². The Morgan fingerprint density at radius 2 is 1.71 bits per heavy atom. The lowest BCUT2D eigenvalue weighted by Gasteiger charge is -2.38. The number of ether oxygens (including phenoxy) is 2. The topological polar surface area (TPSA) is 83.1 Å². The number of aromatic nitrogens is 6. The maximum absolute atomic E-state index is 5.85. The highest BCUT2D eigenvalue weighted by Crippen LogP contribution is 2.31. The Morgan fingerprint density at radius 3 is 2.48 bits per heavy atom. The van der Waals surface area contributed by atoms with Crippen LogP contribution in [0.15, 0.2) is 67.3 Å². The van der Waals surface area contributed by atoms with Crippen LogP contribution < -0.4 is 9.64 Å². The monoisotopic (exact) mass is 417 g/mol. The van der Waals surface area contributed by atoms with Gasteiger partial charge in [-0.3, -0.25) is 0 Å². The van der Waals surface area contributed by atoms with Gasteiger partial charge in [-0.1, -0.05) is 12.1 Å². The number of benzene rings is 2. The van der Waals surface area contributed by atoms with Crippen molar-refractivity contribution in [2.24, 2.45) is 0 Å². The van der Waals surface area contributed by atoms with E-state index < -0.39 is 0 Å². The highest BCUT2D eigenvalue weighted by molar-refractivity contribution is 5.65. The molecule has 4 aromatic rings. The molecular formula is C22H23N7O2. The van der Waals surface area contributed by atoms with Crippen molar-refractivity contribution in [3.8, 4) is 17.1 Å². The largest absolute Gasteiger partial charge is 0.497 e. The lowest BCUT2D eigenvalue weighted by Crippen LogP contribution is -2.47. The van der Waals surface area contributed by atoms with Crippen LogP contribution in [0, 0.1) is 0 Å². The summed E-state index contributed by atoms with van der Waals surface area (Å²) in [7, 11) is 1.66. The van der Waals surface area contributed by atoms with E-state index in [-0.39, 0.29) is 6.04 Å². The Kier molecular flexibility index (Phi) is 5.32. The lowest BCUT2D eigenvalue weighted by molar-refractivity contribution is 0.0940. The predicted octanol–water partition coefficient (Wildman–Crippen LogP) is 2.30. The molecule has 0 aliphatic carbocycles. The minimum Gasteiger partial charge on any atom is -0.497 e. The third kappa shape index (κ3) is 3.99. The third-order valence-electron chi connectivity index (χ3n) is 5.39. The van der Waals surface area contributed by atoms with E-state index in [0.717, 1.165) is 35.8 Å². The van der Waals surface area contributed by atoms with Gasteiger partial charge >= 0.3 is 0 Å². The molecular weight excluding hydrogens is 394 g/mol. The molecule has 0 bridgehead atoms. The zero-order valence-corrected chi connectivity index (χ0v) is 17.2. The molecule has 0 spiro atoms. The van der Waals surface area contributed by atoms with Crippen molar-refractivity contribution in [2.45, 2.75) is 12.5 Å². The first-order chi connectivity index (χ1) is 15.3. The Bertz CT molecular complexity index is 1130. The van der Waals surface area contributed by atoms with E-state index in [2.05, 4.69) is 43.5 Å². The molecule has 0 amide bonds. The number of anilines is 1. The van der Waals surface area contributed by atoms with Gasteiger partial charge in [0.1, 0.15) is 11.4 Å². The first-order valence-corrected chi connectivity index (χ1v) is 10.2. The van der Waals surface area contributed by atoms with Crippen LogP contribution >= 0.6 is 0 Å². The van der Waals surface area contributed by atoms with E-state index in [4.69, 9.17) is 9.47 Å². The van der Waals surface area contributed by atoms with Gasteiger partial charge in [-0.2, -0.15) is 25.2 Å². The van der Waals surface area contributed by atoms with Crippen molar-refractivity contribution in [2.75, 3.05) is 31.8 Å². The summed E-state index contributed by atoms with van der Waals surface area (Å²) in [6.45, 7) is 2.10. The molecule has 0 saturated carbocycles. The van der Waals surface area contributed by atoms with Crippen LogP contribution in [-0.2, 0) is 11.2 Å². The molecule has 31 heavy (non-hydrogen) atoms. The fourth-order valence-corrected chi connectivity index (χ4v) is 3.94. The van der Waals surface area contributed by atoms with Crippen LogP contribution in [0.3, 0.4) is 0 Å². The van der Waals surface area contributed by atoms with Gasteiger partial charge in [0, 0.05) is 12.6 Å². The van der Waals surface area contributed by atoms with Gasteiger partial charge in [-0.25, -0.2) is 0 Å². The SMILES string of the molecule is COc1ccc(N2CCOC[C@H]2Cc2cccc(-n3nccn3)c2)c(-n2nccn2)c1. The molecule has 1 atom stereocenters. The summed E-state index contributed by atoms with van der Waals surface area (Å²) in [6.07, 6.45) is 7.53. The van der Waals surface area contributed by atoms with Crippen molar-refractivity contribution >= 4 is 5.69 Å². The quantitative estimate of drug-likeness (QED) is 0.476. The van der Waals surface area contributed by atoms with Crippen molar-refractivity contribution in [3.63, 3.8) is 0 Å². The molecule has 2 aromatic heterocycles. The Balaban J connectivity index is 1.47. The van der Waals surface area contributed by atoms with Crippen molar-refractivity contribution in [1.82, 2.24) is 30.0 Å². The summed E-state index contributed by atoms with van der Waals surface area (Å²) in [6, 6.07) is 14.5. The molecule has 5 rings (SSSR count). The second-order valence-electron chi connectivity index (χ2n) is 7.29. The van der Waals surface area contributed by atoms with Crippen molar-refractivity contribution < 1.29 is 9.47 Å². The molecule has 0 unspecified atom stereocenters. The average Bonchev–Trinajstić information content (AvgIpc) is 3.54. The Hall–Kier alpha value is -3.72. The molecule has 1 aliphatic heterocycles. The number of rotatable bonds is 6. The van der Waals surface area contributed by atoms with Gasteiger partial charge in [-0.05, 0) is 36.2 Å². The second kappa shape index (κ2) is 8.57. The van der Waals surface area contributed by atoms with E-state index in [0.29, 0.717) is 13.2 Å². The van der Waals surface area contributed by atoms with E-state index in [1.165, 1.54) is 5.56 Å². The minimum absolute atomic E-state index is 0.164. The van der Waals surface area contributed by atoms with Gasteiger partial charge in [0.15, 0.2) is 0 Å². The maximum atomic E-state index is 5.85. The summed E-state index contributed by atoms with van der Waals surface area (Å²) >= 11 is 0. The molecule has 1 saturated heterocycles. The Labute approximate surface area is 179 Å². The van der Waals surface area contributed by atoms with Crippen molar-refractivity contribution in [1.29, 1.82) is 0 Å². The number of nitrogens with zero attached hydrogens (tertiary/aromatic N) is 7. The smallest absolute Gasteiger partial charge is 0.121 e. The molecule has 0 radical (unpaired) electrons. The fourth-order valence-electron chi connectivity index (χ4n) is 3.94. The van der Waals surface area contributed by atoms with Crippen LogP contribution in [0.4, 0.5) is 5.69 Å². The highest BCUT2D eigenvalue weighted by Gasteiger charge is 2.26. The van der Waals surface area contributed by atoms with Crippen LogP contribution in [0.5, 0.6) is 5.75 Å².